The van der Waals surface area contributed by atoms with Crippen LogP contribution in [-0.2, 0) is 14.3 Å². The molecule has 67 heavy (non-hydrogen) atoms. The number of nitrogens with one attached hydrogen (secondary N) is 1. The SMILES string of the molecule is CCCCCCCCCCCC/C=C\CCCCCCCCCC(=O)NC(COC1OC(CO)C(O)C(O)C1O)C(O)/C=C/CCCCCCCCCCCCCCCCCCCCCCC. The van der Waals surface area contributed by atoms with E-state index in [4.69, 9.17) is 9.47 Å². The van der Waals surface area contributed by atoms with Crippen molar-refractivity contribution in [1.29, 1.82) is 0 Å². The molecule has 0 spiro atoms. The van der Waals surface area contributed by atoms with E-state index in [9.17, 15) is 30.3 Å². The van der Waals surface area contributed by atoms with Gasteiger partial charge in [-0.1, -0.05) is 256 Å². The normalized spacial score (nSPS) is 19.8. The second-order valence-corrected chi connectivity index (χ2v) is 20.4. The average molecular weight is 951 g/mol. The van der Waals surface area contributed by atoms with Crippen LogP contribution in [0.1, 0.15) is 284 Å². The second-order valence-electron chi connectivity index (χ2n) is 20.4. The minimum absolute atomic E-state index is 0.177. The summed E-state index contributed by atoms with van der Waals surface area (Å²) in [5.41, 5.74) is 0. The average Bonchev–Trinajstić information content (AvgIpc) is 3.33. The van der Waals surface area contributed by atoms with E-state index in [1.807, 2.05) is 6.08 Å². The molecule has 0 aliphatic carbocycles. The number of hydrogen-bond acceptors (Lipinski definition) is 8. The fourth-order valence-corrected chi connectivity index (χ4v) is 9.39. The first-order valence-electron chi connectivity index (χ1n) is 29.1. The Labute approximate surface area is 413 Å². The lowest BCUT2D eigenvalue weighted by Crippen LogP contribution is -2.60. The number of allylic oxidation sites excluding steroid dienone is 3. The topological polar surface area (TPSA) is 149 Å². The van der Waals surface area contributed by atoms with E-state index in [2.05, 4.69) is 31.3 Å². The lowest BCUT2D eigenvalue weighted by Gasteiger charge is -2.40. The van der Waals surface area contributed by atoms with Crippen molar-refractivity contribution >= 4 is 5.91 Å². The van der Waals surface area contributed by atoms with Crippen LogP contribution in [0, 0.1) is 0 Å². The third-order valence-electron chi connectivity index (χ3n) is 14.0. The Kier molecular flexibility index (Phi) is 45.9. The summed E-state index contributed by atoms with van der Waals surface area (Å²) in [6, 6.07) is -0.806. The van der Waals surface area contributed by atoms with Crippen LogP contribution in [0.2, 0.25) is 0 Å². The van der Waals surface area contributed by atoms with E-state index in [1.165, 1.54) is 225 Å². The van der Waals surface area contributed by atoms with Gasteiger partial charge in [-0.2, -0.15) is 0 Å². The van der Waals surface area contributed by atoms with Gasteiger partial charge in [0.1, 0.15) is 24.4 Å². The first kappa shape index (κ1) is 63.7. The van der Waals surface area contributed by atoms with Crippen LogP contribution < -0.4 is 5.32 Å². The van der Waals surface area contributed by atoms with Crippen LogP contribution in [0.4, 0.5) is 0 Å². The van der Waals surface area contributed by atoms with Crippen molar-refractivity contribution < 1.29 is 39.8 Å². The number of unbranched alkanes of at least 4 members (excludes halogenated alkanes) is 38. The molecule has 1 aliphatic rings. The molecule has 9 nitrogen and oxygen atoms in total. The van der Waals surface area contributed by atoms with Gasteiger partial charge in [0.15, 0.2) is 6.29 Å². The van der Waals surface area contributed by atoms with Crippen LogP contribution in [-0.4, -0.2) is 87.5 Å². The Morgan fingerprint density at radius 3 is 1.21 bits per heavy atom. The van der Waals surface area contributed by atoms with Gasteiger partial charge in [0, 0.05) is 6.42 Å². The zero-order valence-corrected chi connectivity index (χ0v) is 43.9. The smallest absolute Gasteiger partial charge is 0.220 e. The predicted molar refractivity (Wildman–Crippen MR) is 281 cm³/mol. The Hall–Kier alpha value is -1.33. The van der Waals surface area contributed by atoms with E-state index in [0.29, 0.717) is 6.42 Å². The van der Waals surface area contributed by atoms with Crippen LogP contribution in [0.3, 0.4) is 0 Å². The minimum Gasteiger partial charge on any atom is -0.394 e. The van der Waals surface area contributed by atoms with E-state index in [1.54, 1.807) is 6.08 Å². The molecule has 0 aromatic carbocycles. The minimum atomic E-state index is -1.57. The zero-order chi connectivity index (χ0) is 48.7. The van der Waals surface area contributed by atoms with Gasteiger partial charge in [0.25, 0.3) is 0 Å². The zero-order valence-electron chi connectivity index (χ0n) is 43.9. The molecule has 1 fully saturated rings. The molecule has 396 valence electrons. The summed E-state index contributed by atoms with van der Waals surface area (Å²) >= 11 is 0. The van der Waals surface area contributed by atoms with Gasteiger partial charge < -0.3 is 40.3 Å². The molecule has 0 aromatic heterocycles. The lowest BCUT2D eigenvalue weighted by molar-refractivity contribution is -0.302. The van der Waals surface area contributed by atoms with Crippen LogP contribution in [0.5, 0.6) is 0 Å². The van der Waals surface area contributed by atoms with Gasteiger partial charge in [-0.3, -0.25) is 4.79 Å². The van der Waals surface area contributed by atoms with Crippen LogP contribution in [0.25, 0.3) is 0 Å². The molecule has 0 aromatic rings. The third-order valence-corrected chi connectivity index (χ3v) is 14.0. The number of aliphatic hydroxyl groups is 5. The third kappa shape index (κ3) is 38.1. The molecule has 0 radical (unpaired) electrons. The molecular weight excluding hydrogens is 839 g/mol. The summed E-state index contributed by atoms with van der Waals surface area (Å²) < 4.78 is 11.3. The maximum absolute atomic E-state index is 13.1. The van der Waals surface area contributed by atoms with Crippen molar-refractivity contribution in [3.8, 4) is 0 Å². The number of aliphatic hydroxyl groups excluding tert-OH is 5. The summed E-state index contributed by atoms with van der Waals surface area (Å²) in [6.45, 7) is 3.81. The molecule has 1 heterocycles. The van der Waals surface area contributed by atoms with E-state index < -0.39 is 49.5 Å². The number of rotatable bonds is 50. The fourth-order valence-electron chi connectivity index (χ4n) is 9.39. The molecule has 1 rings (SSSR count). The monoisotopic (exact) mass is 950 g/mol. The Bertz CT molecular complexity index is 1100. The van der Waals surface area contributed by atoms with Crippen molar-refractivity contribution in [2.75, 3.05) is 13.2 Å². The summed E-state index contributed by atoms with van der Waals surface area (Å²) in [4.78, 5) is 13.1. The van der Waals surface area contributed by atoms with Crippen LogP contribution >= 0.6 is 0 Å². The summed E-state index contributed by atoms with van der Waals surface area (Å²) in [5.74, 6) is -0.177. The maximum atomic E-state index is 13.1. The highest BCUT2D eigenvalue weighted by molar-refractivity contribution is 5.76. The number of carbonyl (C=O) groups excluding carboxylic acids is 1. The molecule has 1 amide bonds. The molecule has 9 heteroatoms. The Morgan fingerprint density at radius 1 is 0.493 bits per heavy atom. The van der Waals surface area contributed by atoms with Gasteiger partial charge >= 0.3 is 0 Å². The van der Waals surface area contributed by atoms with Crippen molar-refractivity contribution in [2.24, 2.45) is 0 Å². The van der Waals surface area contributed by atoms with Gasteiger partial charge in [-0.15, -0.1) is 0 Å². The van der Waals surface area contributed by atoms with Gasteiger partial charge in [-0.25, -0.2) is 0 Å². The van der Waals surface area contributed by atoms with Gasteiger partial charge in [0.2, 0.25) is 5.91 Å². The molecule has 1 saturated heterocycles. The molecule has 6 N–H and O–H groups in total. The highest BCUT2D eigenvalue weighted by Gasteiger charge is 2.44. The molecule has 0 bridgehead atoms. The molecule has 0 saturated carbocycles. The molecule has 1 aliphatic heterocycles. The quantitative estimate of drug-likeness (QED) is 0.0261. The van der Waals surface area contributed by atoms with Gasteiger partial charge in [-0.05, 0) is 44.9 Å². The Morgan fingerprint density at radius 2 is 0.836 bits per heavy atom. The summed E-state index contributed by atoms with van der Waals surface area (Å²) in [5, 5.41) is 54.5. The van der Waals surface area contributed by atoms with E-state index >= 15 is 0 Å². The van der Waals surface area contributed by atoms with Crippen LogP contribution in [0.15, 0.2) is 24.3 Å². The van der Waals surface area contributed by atoms with Crippen molar-refractivity contribution in [2.45, 2.75) is 326 Å². The Balaban J connectivity index is 2.23. The first-order valence-corrected chi connectivity index (χ1v) is 29.1. The maximum Gasteiger partial charge on any atom is 0.220 e. The van der Waals surface area contributed by atoms with E-state index in [-0.39, 0.29) is 12.5 Å². The largest absolute Gasteiger partial charge is 0.394 e. The number of ether oxygens (including phenoxy) is 2. The van der Waals surface area contributed by atoms with Crippen molar-refractivity contribution in [3.63, 3.8) is 0 Å². The highest BCUT2D eigenvalue weighted by atomic mass is 16.7. The fraction of sp³-hybridized carbons (Fsp3) is 0.914. The van der Waals surface area contributed by atoms with Crippen molar-refractivity contribution in [3.05, 3.63) is 24.3 Å². The lowest BCUT2D eigenvalue weighted by atomic mass is 9.99. The number of carbonyl (C=O) groups is 1. The molecule has 7 atom stereocenters. The van der Waals surface area contributed by atoms with Crippen molar-refractivity contribution in [1.82, 2.24) is 5.32 Å². The first-order chi connectivity index (χ1) is 32.8. The van der Waals surface area contributed by atoms with E-state index in [0.717, 1.165) is 38.5 Å². The van der Waals surface area contributed by atoms with Gasteiger partial charge in [0.05, 0.1) is 25.4 Å². The summed E-state index contributed by atoms with van der Waals surface area (Å²) in [7, 11) is 0. The molecular formula is C58H111NO8. The number of hydrogen-bond donors (Lipinski definition) is 6. The summed E-state index contributed by atoms with van der Waals surface area (Å²) in [6.07, 6.45) is 53.8. The standard InChI is InChI=1S/C58H111NO8/c1-3-5-7-9-11-13-15-17-19-21-23-25-26-28-29-31-33-35-37-39-41-43-45-47-52(61)51(50-66-58-57(65)56(64)55(63)53(49-60)67-58)59-54(62)48-46-44-42-40-38-36-34-32-30-27-24-22-20-18-16-14-12-10-8-6-4-2/h27,30,45,47,51-53,55-58,60-61,63-65H,3-26,28-29,31-44,46,48-50H2,1-2H3,(H,59,62)/b30-27-,47-45+. The second kappa shape index (κ2) is 48.3. The highest BCUT2D eigenvalue weighted by Crippen LogP contribution is 2.23. The molecule has 7 unspecified atom stereocenters. The number of amides is 1. The predicted octanol–water partition coefficient (Wildman–Crippen LogP) is 14.2.